The van der Waals surface area contributed by atoms with Crippen molar-refractivity contribution >= 4 is 49.7 Å². The fourth-order valence-electron chi connectivity index (χ4n) is 4.96. The molecule has 0 atom stereocenters. The number of carbonyl (C=O) groups excluding carboxylic acids is 2. The second-order valence-electron chi connectivity index (χ2n) is 10.3. The molecule has 1 aliphatic rings. The number of anilines is 3. The molecule has 0 unspecified atom stereocenters. The van der Waals surface area contributed by atoms with Crippen LogP contribution in [0.15, 0.2) is 88.8 Å². The summed E-state index contributed by atoms with van der Waals surface area (Å²) in [5.41, 5.74) is 2.19. The number of likely N-dealkylation sites (N-methyl/N-ethyl adjacent to an activating group) is 1. The van der Waals surface area contributed by atoms with Crippen LogP contribution in [-0.4, -0.2) is 73.5 Å². The average molecular weight is 602 g/mol. The third-order valence-electron chi connectivity index (χ3n) is 7.39. The van der Waals surface area contributed by atoms with Gasteiger partial charge in [-0.25, -0.2) is 12.8 Å². The molecule has 0 saturated carbocycles. The number of piperazine rings is 1. The Morgan fingerprint density at radius 2 is 1.67 bits per heavy atom. The number of rotatable bonds is 7. The molecule has 0 aliphatic carbocycles. The largest absolute Gasteiger partial charge is 0.369 e. The van der Waals surface area contributed by atoms with Gasteiger partial charge in [0.25, 0.3) is 11.8 Å². The summed E-state index contributed by atoms with van der Waals surface area (Å²) in [5, 5.41) is 12.9. The van der Waals surface area contributed by atoms with Gasteiger partial charge >= 0.3 is 0 Å². The summed E-state index contributed by atoms with van der Waals surface area (Å²) in [7, 11) is -1.98. The molecule has 3 aromatic carbocycles. The Labute approximate surface area is 246 Å². The van der Waals surface area contributed by atoms with Crippen LogP contribution in [0.4, 0.5) is 21.6 Å². The molecule has 6 rings (SSSR count). The first-order chi connectivity index (χ1) is 20.7. The molecule has 220 valence electrons. The van der Waals surface area contributed by atoms with Gasteiger partial charge in [0.1, 0.15) is 11.5 Å². The van der Waals surface area contributed by atoms with Gasteiger partial charge in [0.05, 0.1) is 26.6 Å². The van der Waals surface area contributed by atoms with E-state index in [0.717, 1.165) is 37.9 Å². The van der Waals surface area contributed by atoms with E-state index in [4.69, 9.17) is 0 Å². The van der Waals surface area contributed by atoms with Crippen LogP contribution in [0.1, 0.15) is 20.8 Å². The predicted molar refractivity (Wildman–Crippen MR) is 161 cm³/mol. The Balaban J connectivity index is 1.32. The number of hydrogen-bond acceptors (Lipinski definition) is 7. The molecule has 3 heterocycles. The van der Waals surface area contributed by atoms with E-state index in [-0.39, 0.29) is 21.2 Å². The monoisotopic (exact) mass is 601 g/mol. The van der Waals surface area contributed by atoms with Crippen LogP contribution in [0.25, 0.3) is 10.9 Å². The number of aromatic nitrogens is 3. The van der Waals surface area contributed by atoms with Crippen LogP contribution in [0.5, 0.6) is 0 Å². The number of nitrogens with one attached hydrogen (secondary N) is 4. The van der Waals surface area contributed by atoms with Crippen LogP contribution in [0.3, 0.4) is 0 Å². The highest BCUT2D eigenvalue weighted by Crippen LogP contribution is 2.30. The minimum Gasteiger partial charge on any atom is -0.369 e. The number of fused-ring (bicyclic) bond motifs is 1. The van der Waals surface area contributed by atoms with Crippen LogP contribution < -0.4 is 15.5 Å². The number of amides is 2. The van der Waals surface area contributed by atoms with Crippen molar-refractivity contribution < 1.29 is 22.4 Å². The van der Waals surface area contributed by atoms with Gasteiger partial charge in [-0.2, -0.15) is 5.10 Å². The maximum atomic E-state index is 13.8. The molecule has 4 N–H and O–H groups in total. The number of nitrogens with zero attached hydrogens (tertiary/aromatic N) is 3. The molecular formula is C30H28FN7O4S. The third-order valence-corrected chi connectivity index (χ3v) is 9.14. The number of halogens is 1. The molecule has 2 amide bonds. The Bertz CT molecular complexity index is 1930. The van der Waals surface area contributed by atoms with Crippen LogP contribution in [0, 0.1) is 5.82 Å². The number of aromatic amines is 2. The van der Waals surface area contributed by atoms with Gasteiger partial charge in [0.2, 0.25) is 9.84 Å². The number of hydrogen-bond donors (Lipinski definition) is 4. The summed E-state index contributed by atoms with van der Waals surface area (Å²) in [6.07, 6.45) is 1.63. The number of benzene rings is 3. The van der Waals surface area contributed by atoms with E-state index in [0.29, 0.717) is 22.3 Å². The summed E-state index contributed by atoms with van der Waals surface area (Å²) >= 11 is 0. The van der Waals surface area contributed by atoms with Crippen LogP contribution in [-0.2, 0) is 9.84 Å². The molecule has 1 saturated heterocycles. The van der Waals surface area contributed by atoms with Crippen molar-refractivity contribution in [1.82, 2.24) is 20.1 Å². The zero-order valence-electron chi connectivity index (χ0n) is 23.1. The van der Waals surface area contributed by atoms with Crippen molar-refractivity contribution in [2.24, 2.45) is 0 Å². The van der Waals surface area contributed by atoms with E-state index < -0.39 is 27.5 Å². The van der Waals surface area contributed by atoms with Gasteiger partial charge in [-0.1, -0.05) is 6.07 Å². The molecule has 5 aromatic rings. The SMILES string of the molecule is CN1CCN(c2ccc(C(=O)Nc3n[nH]c4ccc(S(=O)(=O)c5cccc(F)c5)cc34)c(NC(=O)c3ccc[nH]3)c2)CC1. The zero-order valence-corrected chi connectivity index (χ0v) is 23.9. The van der Waals surface area contributed by atoms with E-state index in [1.54, 1.807) is 30.5 Å². The van der Waals surface area contributed by atoms with Crippen molar-refractivity contribution in [3.05, 3.63) is 96.1 Å². The zero-order chi connectivity index (χ0) is 30.1. The van der Waals surface area contributed by atoms with E-state index in [2.05, 4.69) is 42.7 Å². The molecule has 0 spiro atoms. The molecule has 11 nitrogen and oxygen atoms in total. The molecule has 0 radical (unpaired) electrons. The molecule has 43 heavy (non-hydrogen) atoms. The van der Waals surface area contributed by atoms with Gasteiger partial charge in [0, 0.05) is 43.4 Å². The first-order valence-electron chi connectivity index (χ1n) is 13.5. The van der Waals surface area contributed by atoms with Crippen molar-refractivity contribution in [2.75, 3.05) is 48.8 Å². The van der Waals surface area contributed by atoms with Gasteiger partial charge in [-0.3, -0.25) is 14.7 Å². The van der Waals surface area contributed by atoms with Crippen molar-refractivity contribution in [3.63, 3.8) is 0 Å². The number of H-pyrrole nitrogens is 2. The van der Waals surface area contributed by atoms with Gasteiger partial charge in [-0.05, 0) is 73.8 Å². The normalized spacial score (nSPS) is 14.1. The lowest BCUT2D eigenvalue weighted by molar-refractivity contribution is 0.102. The molecule has 1 fully saturated rings. The maximum absolute atomic E-state index is 13.8. The second kappa shape index (κ2) is 11.3. The van der Waals surface area contributed by atoms with Gasteiger partial charge < -0.3 is 25.4 Å². The lowest BCUT2D eigenvalue weighted by Gasteiger charge is -2.34. The minimum absolute atomic E-state index is 0.0853. The van der Waals surface area contributed by atoms with Crippen molar-refractivity contribution in [3.8, 4) is 0 Å². The Morgan fingerprint density at radius 1 is 0.884 bits per heavy atom. The highest BCUT2D eigenvalue weighted by Gasteiger charge is 2.23. The van der Waals surface area contributed by atoms with E-state index in [1.165, 1.54) is 36.4 Å². The molecule has 2 aromatic heterocycles. The molecular weight excluding hydrogens is 573 g/mol. The Morgan fingerprint density at radius 3 is 2.42 bits per heavy atom. The number of carbonyl (C=O) groups is 2. The van der Waals surface area contributed by atoms with E-state index in [1.807, 2.05) is 6.07 Å². The second-order valence-corrected chi connectivity index (χ2v) is 12.2. The fraction of sp³-hybridized carbons (Fsp3) is 0.167. The first-order valence-corrected chi connectivity index (χ1v) is 15.0. The smallest absolute Gasteiger partial charge is 0.272 e. The molecule has 0 bridgehead atoms. The van der Waals surface area contributed by atoms with Gasteiger partial charge in [-0.15, -0.1) is 0 Å². The van der Waals surface area contributed by atoms with Crippen LogP contribution in [0.2, 0.25) is 0 Å². The topological polar surface area (TPSA) is 143 Å². The quantitative estimate of drug-likeness (QED) is 0.220. The Kier molecular flexibility index (Phi) is 7.42. The summed E-state index contributed by atoms with van der Waals surface area (Å²) in [5.74, 6) is -1.54. The van der Waals surface area contributed by atoms with Crippen molar-refractivity contribution in [2.45, 2.75) is 9.79 Å². The fourth-order valence-corrected chi connectivity index (χ4v) is 6.27. The summed E-state index contributed by atoms with van der Waals surface area (Å²) in [4.78, 5) is 33.6. The van der Waals surface area contributed by atoms with Crippen molar-refractivity contribution in [1.29, 1.82) is 0 Å². The summed E-state index contributed by atoms with van der Waals surface area (Å²) < 4.78 is 40.2. The maximum Gasteiger partial charge on any atom is 0.272 e. The molecule has 1 aliphatic heterocycles. The first kappa shape index (κ1) is 28.1. The minimum atomic E-state index is -4.04. The lowest BCUT2D eigenvalue weighted by Crippen LogP contribution is -2.44. The Hall–Kier alpha value is -5.01. The summed E-state index contributed by atoms with van der Waals surface area (Å²) in [6.45, 7) is 3.36. The highest BCUT2D eigenvalue weighted by atomic mass is 32.2. The van der Waals surface area contributed by atoms with E-state index >= 15 is 0 Å². The predicted octanol–water partition coefficient (Wildman–Crippen LogP) is 4.12. The molecule has 13 heteroatoms. The average Bonchev–Trinajstić information content (AvgIpc) is 3.68. The standard InChI is InChI=1S/C30H28FN7O4S/c1-37-12-14-38(15-13-37)20-7-9-23(27(17-20)33-30(40)26-6-3-11-32-26)29(39)34-28-24-18-22(8-10-25(24)35-36-28)43(41,42)21-5-2-4-19(31)16-21/h2-11,16-18,32H,12-15H2,1H3,(H,33,40)(H2,34,35,36,39). The van der Waals surface area contributed by atoms with E-state index in [9.17, 15) is 22.4 Å². The number of sulfone groups is 1. The van der Waals surface area contributed by atoms with Crippen LogP contribution >= 0.6 is 0 Å². The lowest BCUT2D eigenvalue weighted by atomic mass is 10.1. The van der Waals surface area contributed by atoms with Gasteiger partial charge in [0.15, 0.2) is 5.82 Å². The highest BCUT2D eigenvalue weighted by molar-refractivity contribution is 7.91. The third kappa shape index (κ3) is 5.72. The summed E-state index contributed by atoms with van der Waals surface area (Å²) in [6, 6.07) is 17.6.